The smallest absolute Gasteiger partial charge is 0.0240 e. The van der Waals surface area contributed by atoms with Gasteiger partial charge in [0, 0.05) is 0 Å². The topological polar surface area (TPSA) is 0 Å². The van der Waals surface area contributed by atoms with Crippen LogP contribution in [0, 0.1) is 0 Å². The van der Waals surface area contributed by atoms with Gasteiger partial charge in [-0.15, -0.1) is 5.73 Å². The summed E-state index contributed by atoms with van der Waals surface area (Å²) in [6, 6.07) is 0. The Hall–Kier alpha value is -0.740. The molecule has 80 valence electrons. The van der Waals surface area contributed by atoms with Crippen molar-refractivity contribution in [2.45, 2.75) is 58.3 Å². The van der Waals surface area contributed by atoms with Gasteiger partial charge in [0.25, 0.3) is 0 Å². The highest BCUT2D eigenvalue weighted by atomic mass is 13.9. The first kappa shape index (κ1) is 13.3. The molecular weight excluding hydrogens is 168 g/mol. The van der Waals surface area contributed by atoms with E-state index in [-0.39, 0.29) is 0 Å². The molecule has 0 saturated heterocycles. The Bertz CT molecular complexity index is 170. The number of rotatable bonds is 9. The fourth-order valence-corrected chi connectivity index (χ4v) is 1.38. The maximum Gasteiger partial charge on any atom is -0.0240 e. The van der Waals surface area contributed by atoms with Crippen molar-refractivity contribution in [3.05, 3.63) is 30.5 Å². The van der Waals surface area contributed by atoms with Crippen LogP contribution in [-0.2, 0) is 0 Å². The van der Waals surface area contributed by atoms with Crippen molar-refractivity contribution in [1.29, 1.82) is 0 Å². The van der Waals surface area contributed by atoms with E-state index in [2.05, 4.69) is 31.4 Å². The van der Waals surface area contributed by atoms with Gasteiger partial charge in [-0.25, -0.2) is 0 Å². The van der Waals surface area contributed by atoms with Crippen LogP contribution in [-0.4, -0.2) is 0 Å². The van der Waals surface area contributed by atoms with Gasteiger partial charge in [0.1, 0.15) is 0 Å². The molecule has 0 aromatic heterocycles. The van der Waals surface area contributed by atoms with Crippen LogP contribution in [0.2, 0.25) is 0 Å². The van der Waals surface area contributed by atoms with Crippen LogP contribution in [0.1, 0.15) is 58.3 Å². The van der Waals surface area contributed by atoms with Crippen molar-refractivity contribution < 1.29 is 0 Å². The van der Waals surface area contributed by atoms with Crippen LogP contribution < -0.4 is 0 Å². The van der Waals surface area contributed by atoms with E-state index in [1.165, 1.54) is 38.5 Å². The number of hydrogen-bond acceptors (Lipinski definition) is 0. The molecular formula is C14H24. The number of allylic oxidation sites excluding steroid dienone is 3. The molecule has 0 atom stereocenters. The summed E-state index contributed by atoms with van der Waals surface area (Å²) in [6.45, 7) is 5.79. The minimum absolute atomic E-state index is 1.08. The van der Waals surface area contributed by atoms with Crippen LogP contribution in [0.5, 0.6) is 0 Å². The molecule has 0 unspecified atom stereocenters. The van der Waals surface area contributed by atoms with Gasteiger partial charge in [-0.2, -0.15) is 0 Å². The van der Waals surface area contributed by atoms with Crippen molar-refractivity contribution in [3.63, 3.8) is 0 Å². The standard InChI is InChI=1S/C14H24/c1-3-5-7-9-11-13-14-12-10-8-6-4-2/h5,11,13H,1,4,6-10,12,14H2,2H3. The zero-order valence-electron chi connectivity index (χ0n) is 9.60. The minimum atomic E-state index is 1.08. The monoisotopic (exact) mass is 192 g/mol. The first-order chi connectivity index (χ1) is 6.91. The summed E-state index contributed by atoms with van der Waals surface area (Å²) in [5, 5.41) is 0. The molecule has 0 heteroatoms. The summed E-state index contributed by atoms with van der Waals surface area (Å²) in [5.74, 6) is 0. The van der Waals surface area contributed by atoms with Crippen molar-refractivity contribution in [1.82, 2.24) is 0 Å². The average molecular weight is 192 g/mol. The summed E-state index contributed by atoms with van der Waals surface area (Å²) in [4.78, 5) is 0. The molecule has 0 aliphatic heterocycles. The van der Waals surface area contributed by atoms with E-state index in [9.17, 15) is 0 Å². The fourth-order valence-electron chi connectivity index (χ4n) is 1.38. The van der Waals surface area contributed by atoms with Gasteiger partial charge in [-0.05, 0) is 31.8 Å². The molecule has 0 aliphatic rings. The van der Waals surface area contributed by atoms with Gasteiger partial charge in [-0.3, -0.25) is 0 Å². The third kappa shape index (κ3) is 11.3. The first-order valence-corrected chi connectivity index (χ1v) is 5.91. The summed E-state index contributed by atoms with van der Waals surface area (Å²) in [6.07, 6.45) is 16.9. The fraction of sp³-hybridized carbons (Fsp3) is 0.643. The molecule has 0 nitrogen and oxygen atoms in total. The Kier molecular flexibility index (Phi) is 11.6. The maximum atomic E-state index is 3.53. The van der Waals surface area contributed by atoms with Gasteiger partial charge in [0.05, 0.1) is 0 Å². The predicted octanol–water partition coefficient (Wildman–Crippen LogP) is 5.02. The Balaban J connectivity index is 3.06. The van der Waals surface area contributed by atoms with Crippen molar-refractivity contribution in [2.24, 2.45) is 0 Å². The lowest BCUT2D eigenvalue weighted by Gasteiger charge is -1.95. The molecule has 0 N–H and O–H groups in total. The minimum Gasteiger partial charge on any atom is -0.133 e. The average Bonchev–Trinajstić information content (AvgIpc) is 2.21. The van der Waals surface area contributed by atoms with E-state index in [4.69, 9.17) is 0 Å². The summed E-state index contributed by atoms with van der Waals surface area (Å²) in [5.41, 5.74) is 2.78. The maximum absolute atomic E-state index is 3.53. The van der Waals surface area contributed by atoms with Crippen LogP contribution in [0.15, 0.2) is 30.5 Å². The van der Waals surface area contributed by atoms with Crippen LogP contribution >= 0.6 is 0 Å². The zero-order valence-corrected chi connectivity index (χ0v) is 9.60. The van der Waals surface area contributed by atoms with E-state index in [0.717, 1.165) is 12.8 Å². The lowest BCUT2D eigenvalue weighted by atomic mass is 10.1. The van der Waals surface area contributed by atoms with E-state index < -0.39 is 0 Å². The van der Waals surface area contributed by atoms with E-state index in [1.54, 1.807) is 0 Å². The van der Waals surface area contributed by atoms with Crippen molar-refractivity contribution in [3.8, 4) is 0 Å². The van der Waals surface area contributed by atoms with Crippen LogP contribution in [0.4, 0.5) is 0 Å². The van der Waals surface area contributed by atoms with Crippen molar-refractivity contribution >= 4 is 0 Å². The predicted molar refractivity (Wildman–Crippen MR) is 65.5 cm³/mol. The Morgan fingerprint density at radius 2 is 1.64 bits per heavy atom. The van der Waals surface area contributed by atoms with E-state index in [1.807, 2.05) is 6.08 Å². The highest BCUT2D eigenvalue weighted by Gasteiger charge is 1.85. The number of unbranched alkanes of at least 4 members (excludes halogenated alkanes) is 6. The van der Waals surface area contributed by atoms with Gasteiger partial charge >= 0.3 is 0 Å². The zero-order chi connectivity index (χ0) is 10.5. The second kappa shape index (κ2) is 12.3. The highest BCUT2D eigenvalue weighted by molar-refractivity contribution is 4.85. The highest BCUT2D eigenvalue weighted by Crippen LogP contribution is 2.05. The summed E-state index contributed by atoms with van der Waals surface area (Å²) in [7, 11) is 0. The number of hydrogen-bond donors (Lipinski definition) is 0. The lowest BCUT2D eigenvalue weighted by Crippen LogP contribution is -1.75. The Morgan fingerprint density at radius 1 is 0.929 bits per heavy atom. The molecule has 0 aliphatic carbocycles. The molecule has 0 amide bonds. The van der Waals surface area contributed by atoms with Crippen LogP contribution in [0.3, 0.4) is 0 Å². The van der Waals surface area contributed by atoms with E-state index in [0.29, 0.717) is 0 Å². The van der Waals surface area contributed by atoms with Crippen molar-refractivity contribution in [2.75, 3.05) is 0 Å². The second-order valence-electron chi connectivity index (χ2n) is 3.66. The van der Waals surface area contributed by atoms with Gasteiger partial charge in [0.15, 0.2) is 0 Å². The van der Waals surface area contributed by atoms with Gasteiger partial charge < -0.3 is 0 Å². The summed E-state index contributed by atoms with van der Waals surface area (Å²) >= 11 is 0. The van der Waals surface area contributed by atoms with Crippen LogP contribution in [0.25, 0.3) is 0 Å². The van der Waals surface area contributed by atoms with Gasteiger partial charge in [0.2, 0.25) is 0 Å². The molecule has 14 heavy (non-hydrogen) atoms. The third-order valence-electron chi connectivity index (χ3n) is 2.26. The first-order valence-electron chi connectivity index (χ1n) is 5.91. The Morgan fingerprint density at radius 3 is 2.36 bits per heavy atom. The molecule has 0 aromatic rings. The second-order valence-corrected chi connectivity index (χ2v) is 3.66. The Labute approximate surface area is 89.4 Å². The molecule has 0 spiro atoms. The van der Waals surface area contributed by atoms with E-state index >= 15 is 0 Å². The molecule has 0 fully saturated rings. The molecule has 0 aromatic carbocycles. The quantitative estimate of drug-likeness (QED) is 0.273. The largest absolute Gasteiger partial charge is 0.133 e. The molecule has 0 bridgehead atoms. The molecule has 0 saturated carbocycles. The molecule has 0 radical (unpaired) electrons. The van der Waals surface area contributed by atoms with Gasteiger partial charge in [-0.1, -0.05) is 51.3 Å². The molecule has 0 heterocycles. The molecule has 0 rings (SSSR count). The lowest BCUT2D eigenvalue weighted by molar-refractivity contribution is 0.637. The SMILES string of the molecule is C=C=CCCC=CCCCCCCC. The normalized spacial score (nSPS) is 10.4. The summed E-state index contributed by atoms with van der Waals surface area (Å²) < 4.78 is 0. The third-order valence-corrected chi connectivity index (χ3v) is 2.26.